The highest BCUT2D eigenvalue weighted by Crippen LogP contribution is 2.19. The van der Waals surface area contributed by atoms with Gasteiger partial charge in [-0.25, -0.2) is 4.57 Å². The molecule has 3 rings (SSSR count). The van der Waals surface area contributed by atoms with Crippen molar-refractivity contribution >= 4 is 26.7 Å². The van der Waals surface area contributed by atoms with Crippen LogP contribution in [0, 0.1) is 0 Å². The number of alkyl halides is 1. The molecule has 2 nitrogen and oxygen atoms in total. The molecule has 3 heteroatoms. The fourth-order valence-electron chi connectivity index (χ4n) is 2.35. The first kappa shape index (κ1) is 14.1. The van der Waals surface area contributed by atoms with E-state index < -0.39 is 0 Å². The molecule has 106 valence electrons. The molecule has 21 heavy (non-hydrogen) atoms. The van der Waals surface area contributed by atoms with E-state index >= 15 is 0 Å². The van der Waals surface area contributed by atoms with Crippen molar-refractivity contribution in [2.24, 2.45) is 0 Å². The molecule has 0 spiro atoms. The number of benzene rings is 2. The number of fused-ring (bicyclic) bond motifs is 1. The van der Waals surface area contributed by atoms with Crippen molar-refractivity contribution in [2.45, 2.75) is 6.54 Å². The first-order valence-electron chi connectivity index (χ1n) is 7.01. The third-order valence-electron chi connectivity index (χ3n) is 3.36. The van der Waals surface area contributed by atoms with E-state index in [1.165, 1.54) is 16.3 Å². The first-order chi connectivity index (χ1) is 10.3. The Bertz CT molecular complexity index is 728. The molecular formula is C18H17BrNO+. The highest BCUT2D eigenvalue weighted by Gasteiger charge is 2.05. The second kappa shape index (κ2) is 6.72. The fraction of sp³-hybridized carbons (Fsp3) is 0.167. The molecule has 0 atom stereocenters. The van der Waals surface area contributed by atoms with Crippen LogP contribution in [0.5, 0.6) is 5.75 Å². The SMILES string of the molecule is BrCCOc1ccc2c[n+](Cc3ccccc3)ccc2c1. The van der Waals surface area contributed by atoms with Crippen LogP contribution in [-0.4, -0.2) is 11.9 Å². The molecule has 1 heterocycles. The highest BCUT2D eigenvalue weighted by atomic mass is 79.9. The zero-order valence-electron chi connectivity index (χ0n) is 11.7. The molecule has 0 amide bonds. The summed E-state index contributed by atoms with van der Waals surface area (Å²) in [5.74, 6) is 0.919. The van der Waals surface area contributed by atoms with Gasteiger partial charge in [-0.2, -0.15) is 0 Å². The smallest absolute Gasteiger partial charge is 0.176 e. The van der Waals surface area contributed by atoms with Crippen LogP contribution in [0.4, 0.5) is 0 Å². The van der Waals surface area contributed by atoms with Crippen molar-refractivity contribution in [1.82, 2.24) is 0 Å². The molecular weight excluding hydrogens is 326 g/mol. The van der Waals surface area contributed by atoms with Crippen molar-refractivity contribution in [3.8, 4) is 5.75 Å². The van der Waals surface area contributed by atoms with Crippen molar-refractivity contribution in [1.29, 1.82) is 0 Å². The maximum absolute atomic E-state index is 5.64. The normalized spacial score (nSPS) is 10.7. The molecule has 0 unspecified atom stereocenters. The minimum atomic E-state index is 0.687. The Hall–Kier alpha value is -1.87. The lowest BCUT2D eigenvalue weighted by Crippen LogP contribution is -2.33. The van der Waals surface area contributed by atoms with Gasteiger partial charge >= 0.3 is 0 Å². The maximum atomic E-state index is 5.64. The Balaban J connectivity index is 1.83. The summed E-state index contributed by atoms with van der Waals surface area (Å²) in [4.78, 5) is 0. The van der Waals surface area contributed by atoms with Crippen LogP contribution < -0.4 is 9.30 Å². The van der Waals surface area contributed by atoms with Gasteiger partial charge in [0.2, 0.25) is 0 Å². The van der Waals surface area contributed by atoms with Crippen LogP contribution in [0.1, 0.15) is 5.56 Å². The standard InChI is InChI=1S/C18H17BrNO/c19-9-11-21-18-7-6-17-14-20(10-8-16(17)12-18)13-15-4-2-1-3-5-15/h1-8,10,12,14H,9,11,13H2/q+1. The van der Waals surface area contributed by atoms with Crippen LogP contribution in [0.25, 0.3) is 10.8 Å². The zero-order chi connectivity index (χ0) is 14.5. The summed E-state index contributed by atoms with van der Waals surface area (Å²) in [6.45, 7) is 1.57. The van der Waals surface area contributed by atoms with Crippen molar-refractivity contribution in [3.05, 3.63) is 72.6 Å². The third kappa shape index (κ3) is 3.61. The first-order valence-corrected chi connectivity index (χ1v) is 8.13. The van der Waals surface area contributed by atoms with Gasteiger partial charge in [0.1, 0.15) is 5.75 Å². The minimum absolute atomic E-state index is 0.687. The van der Waals surface area contributed by atoms with Gasteiger partial charge in [0, 0.05) is 22.3 Å². The van der Waals surface area contributed by atoms with Gasteiger partial charge in [-0.05, 0) is 23.6 Å². The van der Waals surface area contributed by atoms with E-state index in [1.807, 2.05) is 12.1 Å². The van der Waals surface area contributed by atoms with Gasteiger partial charge in [-0.3, -0.25) is 0 Å². The van der Waals surface area contributed by atoms with Crippen LogP contribution in [-0.2, 0) is 6.54 Å². The predicted molar refractivity (Wildman–Crippen MR) is 89.0 cm³/mol. The average molecular weight is 343 g/mol. The molecule has 0 aliphatic heterocycles. The predicted octanol–water partition coefficient (Wildman–Crippen LogP) is 3.95. The summed E-state index contributed by atoms with van der Waals surface area (Å²) in [5, 5.41) is 3.27. The van der Waals surface area contributed by atoms with Crippen LogP contribution in [0.2, 0.25) is 0 Å². The summed E-state index contributed by atoms with van der Waals surface area (Å²) < 4.78 is 7.84. The Labute approximate surface area is 133 Å². The second-order valence-corrected chi connectivity index (χ2v) is 5.72. The van der Waals surface area contributed by atoms with Crippen LogP contribution in [0.3, 0.4) is 0 Å². The van der Waals surface area contributed by atoms with Gasteiger partial charge < -0.3 is 4.74 Å². The van der Waals surface area contributed by atoms with Gasteiger partial charge in [0.25, 0.3) is 0 Å². The monoisotopic (exact) mass is 342 g/mol. The molecule has 2 aromatic carbocycles. The second-order valence-electron chi connectivity index (χ2n) is 4.93. The number of nitrogens with zero attached hydrogens (tertiary/aromatic N) is 1. The lowest BCUT2D eigenvalue weighted by Gasteiger charge is -2.05. The lowest BCUT2D eigenvalue weighted by molar-refractivity contribution is -0.687. The van der Waals surface area contributed by atoms with Crippen LogP contribution >= 0.6 is 15.9 Å². The minimum Gasteiger partial charge on any atom is -0.493 e. The Morgan fingerprint density at radius 2 is 1.81 bits per heavy atom. The number of rotatable bonds is 5. The third-order valence-corrected chi connectivity index (χ3v) is 3.69. The number of halogens is 1. The molecule has 0 saturated heterocycles. The number of hydrogen-bond donors (Lipinski definition) is 0. The number of ether oxygens (including phenoxy) is 1. The summed E-state index contributed by atoms with van der Waals surface area (Å²) in [6.07, 6.45) is 4.29. The van der Waals surface area contributed by atoms with Crippen molar-refractivity contribution in [2.75, 3.05) is 11.9 Å². The maximum Gasteiger partial charge on any atom is 0.176 e. The molecule has 0 saturated carbocycles. The molecule has 0 radical (unpaired) electrons. The molecule has 0 fully saturated rings. The Morgan fingerprint density at radius 1 is 0.952 bits per heavy atom. The van der Waals surface area contributed by atoms with Gasteiger partial charge in [-0.15, -0.1) is 0 Å². The Kier molecular flexibility index (Phi) is 4.51. The van der Waals surface area contributed by atoms with E-state index in [9.17, 15) is 0 Å². The largest absolute Gasteiger partial charge is 0.493 e. The molecule has 0 aliphatic rings. The summed E-state index contributed by atoms with van der Waals surface area (Å²) >= 11 is 3.37. The van der Waals surface area contributed by atoms with E-state index in [4.69, 9.17) is 4.74 Å². The molecule has 0 bridgehead atoms. The number of aromatic nitrogens is 1. The quantitative estimate of drug-likeness (QED) is 0.505. The molecule has 0 aliphatic carbocycles. The number of hydrogen-bond acceptors (Lipinski definition) is 1. The summed E-state index contributed by atoms with van der Waals surface area (Å²) in [6, 6.07) is 18.9. The van der Waals surface area contributed by atoms with E-state index in [1.54, 1.807) is 0 Å². The van der Waals surface area contributed by atoms with E-state index in [0.29, 0.717) is 6.61 Å². The number of pyridine rings is 1. The van der Waals surface area contributed by atoms with Crippen LogP contribution in [0.15, 0.2) is 67.0 Å². The summed E-state index contributed by atoms with van der Waals surface area (Å²) in [5.41, 5.74) is 1.30. The molecule has 1 aromatic heterocycles. The van der Waals surface area contributed by atoms with E-state index in [0.717, 1.165) is 17.6 Å². The van der Waals surface area contributed by atoms with Gasteiger partial charge in [0.05, 0.1) is 6.61 Å². The highest BCUT2D eigenvalue weighted by molar-refractivity contribution is 9.09. The molecule has 3 aromatic rings. The van der Waals surface area contributed by atoms with Gasteiger partial charge in [-0.1, -0.05) is 46.3 Å². The van der Waals surface area contributed by atoms with Crippen molar-refractivity contribution in [3.63, 3.8) is 0 Å². The van der Waals surface area contributed by atoms with E-state index in [-0.39, 0.29) is 0 Å². The fourth-order valence-corrected chi connectivity index (χ4v) is 2.51. The Morgan fingerprint density at radius 3 is 2.62 bits per heavy atom. The molecule has 0 N–H and O–H groups in total. The lowest BCUT2D eigenvalue weighted by atomic mass is 10.1. The zero-order valence-corrected chi connectivity index (χ0v) is 13.3. The topological polar surface area (TPSA) is 13.1 Å². The van der Waals surface area contributed by atoms with Gasteiger partial charge in [0.15, 0.2) is 18.9 Å². The average Bonchev–Trinajstić information content (AvgIpc) is 2.54. The van der Waals surface area contributed by atoms with E-state index in [2.05, 4.69) is 75.4 Å². The summed E-state index contributed by atoms with van der Waals surface area (Å²) in [7, 11) is 0. The van der Waals surface area contributed by atoms with Crippen molar-refractivity contribution < 1.29 is 9.30 Å².